The van der Waals surface area contributed by atoms with Crippen molar-refractivity contribution >= 4 is 40.9 Å². The van der Waals surface area contributed by atoms with E-state index in [2.05, 4.69) is 0 Å². The van der Waals surface area contributed by atoms with Crippen molar-refractivity contribution in [1.29, 1.82) is 0 Å². The first kappa shape index (κ1) is 29.2. The Balaban J connectivity index is 2.12. The molecule has 0 unspecified atom stereocenters. The molecule has 3 rings (SSSR count). The number of rotatable bonds is 12. The van der Waals surface area contributed by atoms with E-state index in [1.54, 1.807) is 65.6 Å². The minimum Gasteiger partial charge on any atom is -0.369 e. The normalized spacial score (nSPS) is 12.7. The van der Waals surface area contributed by atoms with Crippen LogP contribution in [0.15, 0.2) is 72.8 Å². The summed E-state index contributed by atoms with van der Waals surface area (Å²) in [6, 6.07) is 19.8. The standard InChI is InChI=1S/C29H32Cl2N4O3/c1-18(20-6-4-19(5-7-20)17-26(33)36)35(25(28(34)37)3-2-16-32)29(38)27(21-8-12-23(30)13-9-21)22-10-14-24(31)15-11-22/h4-15,18,25,27H,2-3,16-17,32H2,1H3,(H2,33,36)(H2,34,37)/t18-,25-/m1/s1. The second-order valence-corrected chi connectivity index (χ2v) is 10.1. The number of halogens is 2. The molecule has 38 heavy (non-hydrogen) atoms. The predicted octanol–water partition coefficient (Wildman–Crippen LogP) is 4.34. The molecule has 0 radical (unpaired) electrons. The van der Waals surface area contributed by atoms with E-state index in [1.807, 2.05) is 19.1 Å². The van der Waals surface area contributed by atoms with E-state index < -0.39 is 29.8 Å². The highest BCUT2D eigenvalue weighted by Gasteiger charge is 2.37. The van der Waals surface area contributed by atoms with Crippen LogP contribution < -0.4 is 17.2 Å². The number of hydrogen-bond acceptors (Lipinski definition) is 4. The van der Waals surface area contributed by atoms with Gasteiger partial charge in [0.2, 0.25) is 17.7 Å². The van der Waals surface area contributed by atoms with Crippen LogP contribution in [0.2, 0.25) is 10.0 Å². The molecule has 0 aliphatic carbocycles. The first-order valence-electron chi connectivity index (χ1n) is 12.3. The lowest BCUT2D eigenvalue weighted by Gasteiger charge is -2.38. The van der Waals surface area contributed by atoms with Gasteiger partial charge >= 0.3 is 0 Å². The largest absolute Gasteiger partial charge is 0.369 e. The van der Waals surface area contributed by atoms with Crippen LogP contribution in [0, 0.1) is 0 Å². The summed E-state index contributed by atoms with van der Waals surface area (Å²) in [5, 5.41) is 1.07. The minimum absolute atomic E-state index is 0.104. The maximum absolute atomic E-state index is 14.5. The first-order chi connectivity index (χ1) is 18.1. The van der Waals surface area contributed by atoms with E-state index in [1.165, 1.54) is 0 Å². The quantitative estimate of drug-likeness (QED) is 0.307. The molecule has 0 aliphatic rings. The van der Waals surface area contributed by atoms with Gasteiger partial charge in [-0.3, -0.25) is 14.4 Å². The molecule has 3 amide bonds. The highest BCUT2D eigenvalue weighted by atomic mass is 35.5. The average molecular weight is 556 g/mol. The summed E-state index contributed by atoms with van der Waals surface area (Å²) in [6.45, 7) is 2.19. The predicted molar refractivity (Wildman–Crippen MR) is 151 cm³/mol. The highest BCUT2D eigenvalue weighted by molar-refractivity contribution is 6.30. The van der Waals surface area contributed by atoms with Crippen LogP contribution in [0.25, 0.3) is 0 Å². The van der Waals surface area contributed by atoms with Crippen molar-refractivity contribution in [3.8, 4) is 0 Å². The molecule has 2 atom stereocenters. The molecule has 7 nitrogen and oxygen atoms in total. The van der Waals surface area contributed by atoms with Crippen LogP contribution in [0.3, 0.4) is 0 Å². The third kappa shape index (κ3) is 7.34. The molecule has 3 aromatic carbocycles. The Hall–Kier alpha value is -3.39. The summed E-state index contributed by atoms with van der Waals surface area (Å²) in [6.07, 6.45) is 0.927. The van der Waals surface area contributed by atoms with Gasteiger partial charge in [0.1, 0.15) is 6.04 Å². The fourth-order valence-corrected chi connectivity index (χ4v) is 4.81. The van der Waals surface area contributed by atoms with Crippen molar-refractivity contribution in [2.45, 2.75) is 44.2 Å². The van der Waals surface area contributed by atoms with Gasteiger partial charge in [0.15, 0.2) is 0 Å². The lowest BCUT2D eigenvalue weighted by atomic mass is 9.88. The number of nitrogens with zero attached hydrogens (tertiary/aromatic N) is 1. The number of nitrogens with two attached hydrogens (primary N) is 3. The third-order valence-corrected chi connectivity index (χ3v) is 7.02. The zero-order valence-corrected chi connectivity index (χ0v) is 22.7. The Kier molecular flexibility index (Phi) is 10.3. The van der Waals surface area contributed by atoms with Crippen molar-refractivity contribution in [2.75, 3.05) is 6.54 Å². The topological polar surface area (TPSA) is 133 Å². The molecule has 0 spiro atoms. The number of carbonyl (C=O) groups is 3. The molecular weight excluding hydrogens is 523 g/mol. The van der Waals surface area contributed by atoms with Gasteiger partial charge in [-0.1, -0.05) is 71.7 Å². The van der Waals surface area contributed by atoms with Crippen LogP contribution in [0.4, 0.5) is 0 Å². The Bertz CT molecular complexity index is 1200. The Morgan fingerprint density at radius 2 is 1.26 bits per heavy atom. The Morgan fingerprint density at radius 1 is 0.789 bits per heavy atom. The summed E-state index contributed by atoms with van der Waals surface area (Å²) in [4.78, 5) is 40.1. The molecule has 0 aromatic heterocycles. The van der Waals surface area contributed by atoms with Crippen molar-refractivity contribution in [2.24, 2.45) is 17.2 Å². The van der Waals surface area contributed by atoms with Crippen molar-refractivity contribution < 1.29 is 14.4 Å². The lowest BCUT2D eigenvalue weighted by molar-refractivity contribution is -0.142. The molecule has 0 fully saturated rings. The molecule has 0 bridgehead atoms. The summed E-state index contributed by atoms with van der Waals surface area (Å²) in [5.41, 5.74) is 19.9. The summed E-state index contributed by atoms with van der Waals surface area (Å²) in [5.74, 6) is -2.10. The SMILES string of the molecule is C[C@H](c1ccc(CC(N)=O)cc1)N(C(=O)C(c1ccc(Cl)cc1)c1ccc(Cl)cc1)[C@H](CCCN)C(N)=O. The fourth-order valence-electron chi connectivity index (χ4n) is 4.56. The van der Waals surface area contributed by atoms with Gasteiger partial charge in [-0.15, -0.1) is 0 Å². The van der Waals surface area contributed by atoms with Crippen LogP contribution in [-0.2, 0) is 20.8 Å². The van der Waals surface area contributed by atoms with Crippen molar-refractivity contribution in [3.05, 3.63) is 105 Å². The number of carbonyl (C=O) groups excluding carboxylic acids is 3. The summed E-state index contributed by atoms with van der Waals surface area (Å²) in [7, 11) is 0. The van der Waals surface area contributed by atoms with Crippen molar-refractivity contribution in [3.63, 3.8) is 0 Å². The van der Waals surface area contributed by atoms with E-state index in [4.69, 9.17) is 40.4 Å². The van der Waals surface area contributed by atoms with E-state index in [9.17, 15) is 14.4 Å². The number of hydrogen-bond donors (Lipinski definition) is 3. The van der Waals surface area contributed by atoms with Crippen LogP contribution >= 0.6 is 23.2 Å². The van der Waals surface area contributed by atoms with E-state index in [0.29, 0.717) is 40.6 Å². The maximum atomic E-state index is 14.5. The van der Waals surface area contributed by atoms with Gasteiger partial charge in [0.25, 0.3) is 0 Å². The molecule has 6 N–H and O–H groups in total. The number of primary amides is 2. The highest BCUT2D eigenvalue weighted by Crippen LogP contribution is 2.34. The molecule has 0 saturated heterocycles. The van der Waals surface area contributed by atoms with Crippen LogP contribution in [-0.4, -0.2) is 35.2 Å². The van der Waals surface area contributed by atoms with Gasteiger partial charge in [0.05, 0.1) is 18.4 Å². The van der Waals surface area contributed by atoms with Gasteiger partial charge in [-0.2, -0.15) is 0 Å². The van der Waals surface area contributed by atoms with E-state index in [-0.39, 0.29) is 12.3 Å². The maximum Gasteiger partial charge on any atom is 0.240 e. The van der Waals surface area contributed by atoms with Gasteiger partial charge in [-0.05, 0) is 72.8 Å². The minimum atomic E-state index is -0.895. The fraction of sp³-hybridized carbons (Fsp3) is 0.276. The Labute approximate surface area is 232 Å². The smallest absolute Gasteiger partial charge is 0.240 e. The van der Waals surface area contributed by atoms with Gasteiger partial charge in [0, 0.05) is 10.0 Å². The van der Waals surface area contributed by atoms with Crippen molar-refractivity contribution in [1.82, 2.24) is 4.90 Å². The van der Waals surface area contributed by atoms with Gasteiger partial charge in [-0.25, -0.2) is 0 Å². The zero-order valence-electron chi connectivity index (χ0n) is 21.1. The second kappa shape index (κ2) is 13.4. The van der Waals surface area contributed by atoms with Gasteiger partial charge < -0.3 is 22.1 Å². The summed E-state index contributed by atoms with van der Waals surface area (Å²) >= 11 is 12.3. The lowest BCUT2D eigenvalue weighted by Crippen LogP contribution is -2.51. The molecule has 0 aliphatic heterocycles. The third-order valence-electron chi connectivity index (χ3n) is 6.51. The Morgan fingerprint density at radius 3 is 1.68 bits per heavy atom. The molecule has 9 heteroatoms. The molecular formula is C29H32Cl2N4O3. The molecule has 0 heterocycles. The first-order valence-corrected chi connectivity index (χ1v) is 13.1. The van der Waals surface area contributed by atoms with E-state index >= 15 is 0 Å². The summed E-state index contributed by atoms with van der Waals surface area (Å²) < 4.78 is 0. The second-order valence-electron chi connectivity index (χ2n) is 9.19. The zero-order chi connectivity index (χ0) is 27.8. The molecule has 0 saturated carbocycles. The van der Waals surface area contributed by atoms with Crippen LogP contribution in [0.5, 0.6) is 0 Å². The monoisotopic (exact) mass is 554 g/mol. The average Bonchev–Trinajstić information content (AvgIpc) is 2.88. The molecule has 3 aromatic rings. The number of amides is 3. The number of benzene rings is 3. The van der Waals surface area contributed by atoms with Crippen LogP contribution in [0.1, 0.15) is 54.0 Å². The van der Waals surface area contributed by atoms with E-state index in [0.717, 1.165) is 11.1 Å². The molecule has 200 valence electrons.